The van der Waals surface area contributed by atoms with Crippen LogP contribution in [0.25, 0.3) is 0 Å². The van der Waals surface area contributed by atoms with Crippen molar-refractivity contribution in [3.05, 3.63) is 17.5 Å². The molecule has 28 heavy (non-hydrogen) atoms. The van der Waals surface area contributed by atoms with E-state index in [9.17, 15) is 14.4 Å². The van der Waals surface area contributed by atoms with E-state index in [-0.39, 0.29) is 23.6 Å². The van der Waals surface area contributed by atoms with Crippen LogP contribution >= 0.6 is 0 Å². The van der Waals surface area contributed by atoms with Gasteiger partial charge in [0.1, 0.15) is 5.76 Å². The average Bonchev–Trinajstić information content (AvgIpc) is 3.14. The summed E-state index contributed by atoms with van der Waals surface area (Å²) in [6.07, 6.45) is 1.46. The van der Waals surface area contributed by atoms with Crippen LogP contribution in [0, 0.1) is 12.8 Å². The van der Waals surface area contributed by atoms with Crippen LogP contribution in [0.4, 0.5) is 0 Å². The minimum absolute atomic E-state index is 0.00372. The number of rotatable bonds is 5. The first-order valence-corrected chi connectivity index (χ1v) is 9.92. The third kappa shape index (κ3) is 5.09. The molecule has 2 fully saturated rings. The standard InChI is InChI=1S/C19H29N5O4/c1-14-13-17(21-28-14)19(27)24-11-9-22(10-12-24)8-5-20-18(26)16-3-6-23(7-4-16)15(2)25/h13,16H,3-12H2,1-2H3,(H,20,26). The quantitative estimate of drug-likeness (QED) is 0.765. The molecule has 2 aliphatic heterocycles. The Morgan fingerprint density at radius 2 is 1.79 bits per heavy atom. The number of aromatic nitrogens is 1. The van der Waals surface area contributed by atoms with Gasteiger partial charge in [-0.15, -0.1) is 0 Å². The van der Waals surface area contributed by atoms with Gasteiger partial charge in [-0.05, 0) is 19.8 Å². The normalized spacial score (nSPS) is 18.9. The van der Waals surface area contributed by atoms with Gasteiger partial charge in [0.05, 0.1) is 0 Å². The summed E-state index contributed by atoms with van der Waals surface area (Å²) in [5, 5.41) is 6.81. The smallest absolute Gasteiger partial charge is 0.276 e. The minimum atomic E-state index is -0.0956. The fourth-order valence-electron chi connectivity index (χ4n) is 3.74. The Labute approximate surface area is 165 Å². The number of amides is 3. The van der Waals surface area contributed by atoms with Gasteiger partial charge in [0.25, 0.3) is 5.91 Å². The van der Waals surface area contributed by atoms with Crippen LogP contribution in [-0.4, -0.2) is 89.9 Å². The molecule has 9 nitrogen and oxygen atoms in total. The average molecular weight is 391 g/mol. The molecule has 2 saturated heterocycles. The van der Waals surface area contributed by atoms with Crippen molar-refractivity contribution in [3.63, 3.8) is 0 Å². The summed E-state index contributed by atoms with van der Waals surface area (Å²) < 4.78 is 4.97. The topological polar surface area (TPSA) is 99.0 Å². The van der Waals surface area contributed by atoms with E-state index in [1.54, 1.807) is 29.7 Å². The predicted octanol–water partition coefficient (Wildman–Crippen LogP) is 0.116. The lowest BCUT2D eigenvalue weighted by Crippen LogP contribution is -2.50. The Morgan fingerprint density at radius 1 is 1.11 bits per heavy atom. The van der Waals surface area contributed by atoms with Crippen molar-refractivity contribution in [2.45, 2.75) is 26.7 Å². The molecule has 0 spiro atoms. The highest BCUT2D eigenvalue weighted by Crippen LogP contribution is 2.17. The predicted molar refractivity (Wildman–Crippen MR) is 102 cm³/mol. The number of nitrogens with one attached hydrogen (secondary N) is 1. The lowest BCUT2D eigenvalue weighted by Gasteiger charge is -2.34. The van der Waals surface area contributed by atoms with E-state index in [4.69, 9.17) is 4.52 Å². The number of carbonyl (C=O) groups is 3. The third-order valence-electron chi connectivity index (χ3n) is 5.54. The second-order valence-corrected chi connectivity index (χ2v) is 7.53. The summed E-state index contributed by atoms with van der Waals surface area (Å²) in [7, 11) is 0. The zero-order valence-electron chi connectivity index (χ0n) is 16.6. The first-order valence-electron chi connectivity index (χ1n) is 9.92. The summed E-state index contributed by atoms with van der Waals surface area (Å²) in [5.74, 6) is 0.691. The number of piperidine rings is 1. The molecule has 0 bridgehead atoms. The summed E-state index contributed by atoms with van der Waals surface area (Å²) in [6.45, 7) is 8.85. The molecule has 1 aromatic heterocycles. The van der Waals surface area contributed by atoms with Gasteiger partial charge in [0, 0.05) is 71.3 Å². The number of hydrogen-bond acceptors (Lipinski definition) is 6. The van der Waals surface area contributed by atoms with Crippen molar-refractivity contribution in [3.8, 4) is 0 Å². The third-order valence-corrected chi connectivity index (χ3v) is 5.54. The molecule has 0 aromatic carbocycles. The van der Waals surface area contributed by atoms with E-state index in [0.29, 0.717) is 44.2 Å². The Morgan fingerprint density at radius 3 is 2.36 bits per heavy atom. The van der Waals surface area contributed by atoms with Gasteiger partial charge in [-0.1, -0.05) is 5.16 Å². The van der Waals surface area contributed by atoms with Crippen LogP contribution in [-0.2, 0) is 9.59 Å². The molecule has 2 aliphatic rings. The molecule has 0 radical (unpaired) electrons. The van der Waals surface area contributed by atoms with E-state index >= 15 is 0 Å². The van der Waals surface area contributed by atoms with Crippen LogP contribution in [0.15, 0.2) is 10.6 Å². The molecule has 0 aliphatic carbocycles. The molecule has 3 rings (SSSR count). The largest absolute Gasteiger partial charge is 0.361 e. The van der Waals surface area contributed by atoms with Gasteiger partial charge in [0.15, 0.2) is 5.69 Å². The molecule has 3 amide bonds. The fourth-order valence-corrected chi connectivity index (χ4v) is 3.74. The SMILES string of the molecule is CC(=O)N1CCC(C(=O)NCCN2CCN(C(=O)c3cc(C)on3)CC2)CC1. The summed E-state index contributed by atoms with van der Waals surface area (Å²) in [4.78, 5) is 41.9. The van der Waals surface area contributed by atoms with Gasteiger partial charge < -0.3 is 19.6 Å². The van der Waals surface area contributed by atoms with Crippen molar-refractivity contribution in [2.24, 2.45) is 5.92 Å². The first-order chi connectivity index (χ1) is 13.4. The van der Waals surface area contributed by atoms with Gasteiger partial charge >= 0.3 is 0 Å². The molecule has 154 valence electrons. The highest BCUT2D eigenvalue weighted by molar-refractivity contribution is 5.92. The van der Waals surface area contributed by atoms with Crippen molar-refractivity contribution in [1.29, 1.82) is 0 Å². The van der Waals surface area contributed by atoms with Crippen LogP contribution in [0.5, 0.6) is 0 Å². The molecule has 1 N–H and O–H groups in total. The Kier molecular flexibility index (Phi) is 6.66. The lowest BCUT2D eigenvalue weighted by atomic mass is 9.96. The second kappa shape index (κ2) is 9.18. The van der Waals surface area contributed by atoms with Gasteiger partial charge in [-0.3, -0.25) is 19.3 Å². The number of piperazine rings is 1. The first kappa shape index (κ1) is 20.3. The molecule has 3 heterocycles. The summed E-state index contributed by atoms with van der Waals surface area (Å²) >= 11 is 0. The van der Waals surface area contributed by atoms with E-state index in [1.807, 2.05) is 0 Å². The molecule has 9 heteroatoms. The molecular formula is C19H29N5O4. The zero-order valence-corrected chi connectivity index (χ0v) is 16.6. The number of aryl methyl sites for hydroxylation is 1. The van der Waals surface area contributed by atoms with E-state index < -0.39 is 0 Å². The van der Waals surface area contributed by atoms with Gasteiger partial charge in [-0.25, -0.2) is 0 Å². The maximum absolute atomic E-state index is 12.4. The van der Waals surface area contributed by atoms with Crippen molar-refractivity contribution < 1.29 is 18.9 Å². The monoisotopic (exact) mass is 391 g/mol. The maximum Gasteiger partial charge on any atom is 0.276 e. The van der Waals surface area contributed by atoms with Crippen LogP contribution in [0.3, 0.4) is 0 Å². The lowest BCUT2D eigenvalue weighted by molar-refractivity contribution is -0.133. The number of likely N-dealkylation sites (tertiary alicyclic amines) is 1. The number of hydrogen-bond donors (Lipinski definition) is 1. The van der Waals surface area contributed by atoms with E-state index in [0.717, 1.165) is 32.5 Å². The Hall–Kier alpha value is -2.42. The highest BCUT2D eigenvalue weighted by Gasteiger charge is 2.27. The van der Waals surface area contributed by atoms with Crippen molar-refractivity contribution >= 4 is 17.7 Å². The Bertz CT molecular complexity index is 703. The van der Waals surface area contributed by atoms with E-state index in [1.165, 1.54) is 0 Å². The van der Waals surface area contributed by atoms with Crippen LogP contribution in [0.2, 0.25) is 0 Å². The molecule has 0 saturated carbocycles. The molecule has 1 aromatic rings. The van der Waals surface area contributed by atoms with Gasteiger partial charge in [-0.2, -0.15) is 0 Å². The molecule has 0 atom stereocenters. The zero-order chi connectivity index (χ0) is 20.1. The van der Waals surface area contributed by atoms with E-state index in [2.05, 4.69) is 15.4 Å². The Balaban J connectivity index is 1.33. The summed E-state index contributed by atoms with van der Waals surface area (Å²) in [6, 6.07) is 1.66. The molecule has 0 unspecified atom stereocenters. The molecular weight excluding hydrogens is 362 g/mol. The van der Waals surface area contributed by atoms with Crippen molar-refractivity contribution in [2.75, 3.05) is 52.4 Å². The highest BCUT2D eigenvalue weighted by atomic mass is 16.5. The number of carbonyl (C=O) groups excluding carboxylic acids is 3. The van der Waals surface area contributed by atoms with Crippen LogP contribution in [0.1, 0.15) is 36.0 Å². The summed E-state index contributed by atoms with van der Waals surface area (Å²) in [5.41, 5.74) is 0.356. The second-order valence-electron chi connectivity index (χ2n) is 7.53. The number of nitrogens with zero attached hydrogens (tertiary/aromatic N) is 4. The minimum Gasteiger partial charge on any atom is -0.361 e. The van der Waals surface area contributed by atoms with Crippen molar-refractivity contribution in [1.82, 2.24) is 25.2 Å². The van der Waals surface area contributed by atoms with Crippen LogP contribution < -0.4 is 5.32 Å². The fraction of sp³-hybridized carbons (Fsp3) is 0.684. The maximum atomic E-state index is 12.4. The van der Waals surface area contributed by atoms with Gasteiger partial charge in [0.2, 0.25) is 11.8 Å².